The second-order valence-electron chi connectivity index (χ2n) is 2.70. The zero-order chi connectivity index (χ0) is 8.32. The summed E-state index contributed by atoms with van der Waals surface area (Å²) in [7, 11) is -1.66. The molecule has 1 aromatic carbocycles. The molecule has 0 aliphatic heterocycles. The third kappa shape index (κ3) is 2.32. The molecule has 0 saturated heterocycles. The standard InChI is InChI=1S/C8H10BrClSi/c1-11(10,7-9)8-5-3-2-4-6-8/h2-6H,7H2,1H3. The zero-order valence-corrected chi connectivity index (χ0v) is 9.69. The third-order valence-corrected chi connectivity index (χ3v) is 9.05. The molecule has 0 radical (unpaired) electrons. The van der Waals surface area contributed by atoms with Crippen molar-refractivity contribution in [3.63, 3.8) is 0 Å². The van der Waals surface area contributed by atoms with Gasteiger partial charge in [0.1, 0.15) is 0 Å². The van der Waals surface area contributed by atoms with E-state index in [1.807, 2.05) is 18.2 Å². The van der Waals surface area contributed by atoms with Gasteiger partial charge >= 0.3 is 0 Å². The van der Waals surface area contributed by atoms with E-state index in [4.69, 9.17) is 11.1 Å². The van der Waals surface area contributed by atoms with Crippen molar-refractivity contribution in [2.75, 3.05) is 4.95 Å². The molecule has 1 rings (SSSR count). The Morgan fingerprint density at radius 2 is 1.91 bits per heavy atom. The summed E-state index contributed by atoms with van der Waals surface area (Å²) >= 11 is 9.78. The molecule has 0 saturated carbocycles. The predicted molar refractivity (Wildman–Crippen MR) is 57.3 cm³/mol. The molecule has 0 fully saturated rings. The van der Waals surface area contributed by atoms with Crippen LogP contribution < -0.4 is 5.19 Å². The second kappa shape index (κ2) is 3.74. The molecule has 0 bridgehead atoms. The lowest BCUT2D eigenvalue weighted by Gasteiger charge is -2.15. The smallest absolute Gasteiger partial charge is 0.160 e. The van der Waals surface area contributed by atoms with Crippen molar-refractivity contribution < 1.29 is 0 Å². The van der Waals surface area contributed by atoms with Crippen molar-refractivity contribution in [1.82, 2.24) is 0 Å². The molecule has 0 N–H and O–H groups in total. The number of benzene rings is 1. The molecule has 60 valence electrons. The first-order valence-corrected chi connectivity index (χ1v) is 8.31. The summed E-state index contributed by atoms with van der Waals surface area (Å²) in [6.07, 6.45) is 0. The van der Waals surface area contributed by atoms with Crippen LogP contribution in [0, 0.1) is 0 Å². The van der Waals surface area contributed by atoms with Gasteiger partial charge in [-0.1, -0.05) is 52.8 Å². The molecule has 3 heteroatoms. The van der Waals surface area contributed by atoms with Crippen LogP contribution in [0.2, 0.25) is 6.55 Å². The van der Waals surface area contributed by atoms with Gasteiger partial charge in [-0.15, -0.1) is 0 Å². The Bertz CT molecular complexity index is 223. The van der Waals surface area contributed by atoms with E-state index in [2.05, 4.69) is 34.6 Å². The minimum Gasteiger partial charge on any atom is -0.160 e. The summed E-state index contributed by atoms with van der Waals surface area (Å²) in [4.78, 5) is 0.908. The SMILES string of the molecule is C[Si](Cl)(CBr)c1ccccc1. The van der Waals surface area contributed by atoms with Gasteiger partial charge in [-0.3, -0.25) is 0 Å². The highest BCUT2D eigenvalue weighted by molar-refractivity contribution is 9.09. The van der Waals surface area contributed by atoms with Gasteiger partial charge in [0.2, 0.25) is 0 Å². The second-order valence-corrected chi connectivity index (χ2v) is 10.1. The lowest BCUT2D eigenvalue weighted by Crippen LogP contribution is -2.40. The average molecular weight is 250 g/mol. The summed E-state index contributed by atoms with van der Waals surface area (Å²) in [5, 5.41) is 1.29. The summed E-state index contributed by atoms with van der Waals surface area (Å²) in [5.41, 5.74) is 0. The highest BCUT2D eigenvalue weighted by Gasteiger charge is 2.24. The molecular formula is C8H10BrClSi. The summed E-state index contributed by atoms with van der Waals surface area (Å²) in [6, 6.07) is 10.3. The Kier molecular flexibility index (Phi) is 3.16. The lowest BCUT2D eigenvalue weighted by atomic mass is 10.4. The Balaban J connectivity index is 2.93. The van der Waals surface area contributed by atoms with Crippen LogP contribution in [0.5, 0.6) is 0 Å². The molecule has 1 aromatic rings. The first kappa shape index (κ1) is 9.30. The summed E-state index contributed by atoms with van der Waals surface area (Å²) in [6.45, 7) is 2.14. The molecule has 0 aliphatic carbocycles. The summed E-state index contributed by atoms with van der Waals surface area (Å²) in [5.74, 6) is 0. The van der Waals surface area contributed by atoms with Crippen LogP contribution in [0.3, 0.4) is 0 Å². The van der Waals surface area contributed by atoms with Crippen LogP contribution in [-0.2, 0) is 0 Å². The summed E-state index contributed by atoms with van der Waals surface area (Å²) < 4.78 is 0. The van der Waals surface area contributed by atoms with Gasteiger partial charge < -0.3 is 0 Å². The van der Waals surface area contributed by atoms with Crippen LogP contribution in [0.25, 0.3) is 0 Å². The third-order valence-electron chi connectivity index (χ3n) is 1.63. The lowest BCUT2D eigenvalue weighted by molar-refractivity contribution is 1.73. The van der Waals surface area contributed by atoms with Crippen molar-refractivity contribution in [3.05, 3.63) is 30.3 Å². The fraction of sp³-hybridized carbons (Fsp3) is 0.250. The van der Waals surface area contributed by atoms with Gasteiger partial charge in [0.25, 0.3) is 0 Å². The van der Waals surface area contributed by atoms with Crippen LogP contribution in [-0.4, -0.2) is 12.3 Å². The van der Waals surface area contributed by atoms with Gasteiger partial charge in [0.05, 0.1) is 0 Å². The predicted octanol–water partition coefficient (Wildman–Crippen LogP) is 2.64. The first-order chi connectivity index (χ1) is 5.17. The number of alkyl halides is 1. The van der Waals surface area contributed by atoms with E-state index in [0.717, 1.165) is 4.95 Å². The van der Waals surface area contributed by atoms with E-state index in [1.165, 1.54) is 5.19 Å². The maximum Gasteiger partial charge on any atom is 0.194 e. The maximum absolute atomic E-state index is 6.34. The Hall–Kier alpha value is 0.207. The highest BCUT2D eigenvalue weighted by Crippen LogP contribution is 2.11. The van der Waals surface area contributed by atoms with Gasteiger partial charge in [-0.05, 0) is 5.19 Å². The average Bonchev–Trinajstić information content (AvgIpc) is 2.06. The number of halogens is 2. The zero-order valence-electron chi connectivity index (χ0n) is 6.35. The van der Waals surface area contributed by atoms with Crippen LogP contribution in [0.15, 0.2) is 30.3 Å². The van der Waals surface area contributed by atoms with Crippen molar-refractivity contribution in [1.29, 1.82) is 0 Å². The van der Waals surface area contributed by atoms with Crippen LogP contribution in [0.4, 0.5) is 0 Å². The first-order valence-electron chi connectivity index (χ1n) is 3.47. The Labute approximate surface area is 81.4 Å². The minimum absolute atomic E-state index is 0.908. The fourth-order valence-electron chi connectivity index (χ4n) is 0.863. The van der Waals surface area contributed by atoms with E-state index in [-0.39, 0.29) is 0 Å². The fourth-order valence-corrected chi connectivity index (χ4v) is 3.25. The molecule has 1 atom stereocenters. The monoisotopic (exact) mass is 248 g/mol. The topological polar surface area (TPSA) is 0 Å². The van der Waals surface area contributed by atoms with Crippen molar-refractivity contribution in [3.8, 4) is 0 Å². The molecule has 0 spiro atoms. The quantitative estimate of drug-likeness (QED) is 0.429. The molecule has 0 aliphatic rings. The van der Waals surface area contributed by atoms with Gasteiger partial charge in [0, 0.05) is 4.95 Å². The van der Waals surface area contributed by atoms with E-state index in [9.17, 15) is 0 Å². The van der Waals surface area contributed by atoms with E-state index in [0.29, 0.717) is 0 Å². The molecule has 0 nitrogen and oxygen atoms in total. The number of rotatable bonds is 2. The van der Waals surface area contributed by atoms with Gasteiger partial charge in [0.15, 0.2) is 7.38 Å². The van der Waals surface area contributed by atoms with Crippen LogP contribution in [0.1, 0.15) is 0 Å². The molecular weight excluding hydrogens is 240 g/mol. The minimum atomic E-state index is -1.66. The Morgan fingerprint density at radius 3 is 2.36 bits per heavy atom. The van der Waals surface area contributed by atoms with Crippen molar-refractivity contribution in [2.45, 2.75) is 6.55 Å². The maximum atomic E-state index is 6.34. The van der Waals surface area contributed by atoms with E-state index in [1.54, 1.807) is 0 Å². The number of hydrogen-bond donors (Lipinski definition) is 0. The molecule has 0 aromatic heterocycles. The van der Waals surface area contributed by atoms with E-state index < -0.39 is 7.38 Å². The van der Waals surface area contributed by atoms with Crippen LogP contribution >= 0.6 is 27.0 Å². The molecule has 11 heavy (non-hydrogen) atoms. The highest BCUT2D eigenvalue weighted by atomic mass is 79.9. The molecule has 0 amide bonds. The molecule has 1 unspecified atom stereocenters. The van der Waals surface area contributed by atoms with Crippen molar-refractivity contribution >= 4 is 39.6 Å². The van der Waals surface area contributed by atoms with Gasteiger partial charge in [-0.25, -0.2) is 0 Å². The van der Waals surface area contributed by atoms with Gasteiger partial charge in [-0.2, -0.15) is 11.1 Å². The van der Waals surface area contributed by atoms with Crippen molar-refractivity contribution in [2.24, 2.45) is 0 Å². The Morgan fingerprint density at radius 1 is 1.36 bits per heavy atom. The largest absolute Gasteiger partial charge is 0.194 e. The molecule has 0 heterocycles. The normalized spacial score (nSPS) is 15.9. The number of hydrogen-bond acceptors (Lipinski definition) is 0. The van der Waals surface area contributed by atoms with E-state index >= 15 is 0 Å².